The van der Waals surface area contributed by atoms with E-state index < -0.39 is 0 Å². The summed E-state index contributed by atoms with van der Waals surface area (Å²) in [6, 6.07) is 13.3. The van der Waals surface area contributed by atoms with Crippen molar-refractivity contribution < 1.29 is 14.2 Å². The van der Waals surface area contributed by atoms with Crippen molar-refractivity contribution in [2.75, 3.05) is 26.6 Å². The van der Waals surface area contributed by atoms with Gasteiger partial charge in [-0.05, 0) is 24.3 Å². The molecule has 6 nitrogen and oxygen atoms in total. The van der Waals surface area contributed by atoms with E-state index in [-0.39, 0.29) is 24.0 Å². The van der Waals surface area contributed by atoms with Gasteiger partial charge in [-0.25, -0.2) is 4.99 Å². The smallest absolute Gasteiger partial charge is 0.203 e. The Kier molecular flexibility index (Phi) is 8.17. The Morgan fingerprint density at radius 3 is 2.21 bits per heavy atom. The minimum Gasteiger partial charge on any atom is -0.493 e. The summed E-state index contributed by atoms with van der Waals surface area (Å²) in [7, 11) is 4.73. The summed E-state index contributed by atoms with van der Waals surface area (Å²) in [6.45, 7) is 0.356. The number of halogens is 1. The highest BCUT2D eigenvalue weighted by Crippen LogP contribution is 2.39. The van der Waals surface area contributed by atoms with Crippen LogP contribution < -0.4 is 25.3 Å². The van der Waals surface area contributed by atoms with Gasteiger partial charge in [-0.3, -0.25) is 0 Å². The minimum atomic E-state index is 0. The molecule has 0 aliphatic rings. The van der Waals surface area contributed by atoms with Crippen LogP contribution in [0.4, 0.5) is 5.69 Å². The van der Waals surface area contributed by atoms with E-state index in [0.29, 0.717) is 29.8 Å². The van der Waals surface area contributed by atoms with Crippen LogP contribution in [-0.2, 0) is 6.54 Å². The maximum atomic E-state index is 5.91. The number of nitrogens with one attached hydrogen (secondary N) is 1. The lowest BCUT2D eigenvalue weighted by Gasteiger charge is -2.15. The fourth-order valence-electron chi connectivity index (χ4n) is 2.17. The minimum absolute atomic E-state index is 0. The molecular formula is C17H22IN3O3. The molecule has 7 heteroatoms. The van der Waals surface area contributed by atoms with E-state index in [1.54, 1.807) is 21.3 Å². The molecule has 0 atom stereocenters. The second kappa shape index (κ2) is 9.86. The van der Waals surface area contributed by atoms with Crippen LogP contribution >= 0.6 is 24.0 Å². The Morgan fingerprint density at radius 1 is 0.958 bits per heavy atom. The van der Waals surface area contributed by atoms with E-state index in [2.05, 4.69) is 10.3 Å². The summed E-state index contributed by atoms with van der Waals surface area (Å²) in [4.78, 5) is 4.34. The van der Waals surface area contributed by atoms with Crippen LogP contribution in [0.1, 0.15) is 5.56 Å². The third-order valence-electron chi connectivity index (χ3n) is 3.25. The first-order chi connectivity index (χ1) is 11.2. The molecule has 0 aromatic heterocycles. The Hall–Kier alpha value is -2.16. The highest BCUT2D eigenvalue weighted by Gasteiger charge is 2.15. The van der Waals surface area contributed by atoms with E-state index in [9.17, 15) is 0 Å². The van der Waals surface area contributed by atoms with E-state index in [0.717, 1.165) is 11.3 Å². The van der Waals surface area contributed by atoms with Gasteiger partial charge in [0.2, 0.25) is 5.75 Å². The quantitative estimate of drug-likeness (QED) is 0.407. The summed E-state index contributed by atoms with van der Waals surface area (Å²) < 4.78 is 16.0. The lowest BCUT2D eigenvalue weighted by Crippen LogP contribution is -2.22. The fraction of sp³-hybridized carbons (Fsp3) is 0.235. The van der Waals surface area contributed by atoms with Crippen molar-refractivity contribution in [3.8, 4) is 17.2 Å². The second-order valence-electron chi connectivity index (χ2n) is 4.69. The van der Waals surface area contributed by atoms with Crippen molar-refractivity contribution in [1.82, 2.24) is 0 Å². The number of benzene rings is 2. The van der Waals surface area contributed by atoms with Gasteiger partial charge in [-0.1, -0.05) is 18.2 Å². The van der Waals surface area contributed by atoms with Gasteiger partial charge in [0.05, 0.1) is 27.9 Å². The van der Waals surface area contributed by atoms with Gasteiger partial charge in [0.15, 0.2) is 17.5 Å². The molecular weight excluding hydrogens is 421 g/mol. The highest BCUT2D eigenvalue weighted by molar-refractivity contribution is 14.0. The number of para-hydroxylation sites is 1. The molecule has 130 valence electrons. The summed E-state index contributed by atoms with van der Waals surface area (Å²) in [5.41, 5.74) is 7.65. The topological polar surface area (TPSA) is 78.1 Å². The average molecular weight is 443 g/mol. The Morgan fingerprint density at radius 2 is 1.62 bits per heavy atom. The predicted octanol–water partition coefficient (Wildman–Crippen LogP) is 3.26. The number of nitrogens with two attached hydrogens (primary N) is 1. The van der Waals surface area contributed by atoms with Gasteiger partial charge in [0, 0.05) is 11.3 Å². The van der Waals surface area contributed by atoms with Crippen LogP contribution in [0.15, 0.2) is 47.5 Å². The molecule has 0 saturated heterocycles. The SMILES string of the molecule is COc1ccc(CN=C(N)Nc2ccccc2)c(OC)c1OC.I. The van der Waals surface area contributed by atoms with Gasteiger partial charge in [-0.2, -0.15) is 0 Å². The summed E-state index contributed by atoms with van der Waals surface area (Å²) >= 11 is 0. The van der Waals surface area contributed by atoms with Crippen molar-refractivity contribution in [2.45, 2.75) is 6.54 Å². The number of hydrogen-bond donors (Lipinski definition) is 2. The van der Waals surface area contributed by atoms with Crippen LogP contribution in [0.5, 0.6) is 17.2 Å². The molecule has 0 amide bonds. The molecule has 0 heterocycles. The van der Waals surface area contributed by atoms with E-state index in [1.807, 2.05) is 42.5 Å². The van der Waals surface area contributed by atoms with Crippen molar-refractivity contribution in [1.29, 1.82) is 0 Å². The maximum absolute atomic E-state index is 5.91. The molecule has 3 N–H and O–H groups in total. The molecule has 0 aliphatic heterocycles. The van der Waals surface area contributed by atoms with Gasteiger partial charge >= 0.3 is 0 Å². The molecule has 0 saturated carbocycles. The van der Waals surface area contributed by atoms with Gasteiger partial charge in [-0.15, -0.1) is 24.0 Å². The van der Waals surface area contributed by atoms with Crippen LogP contribution in [0, 0.1) is 0 Å². The summed E-state index contributed by atoms with van der Waals surface area (Å²) in [6.07, 6.45) is 0. The van der Waals surface area contributed by atoms with Crippen LogP contribution in [-0.4, -0.2) is 27.3 Å². The molecule has 2 aromatic carbocycles. The fourth-order valence-corrected chi connectivity index (χ4v) is 2.17. The first-order valence-corrected chi connectivity index (χ1v) is 7.09. The van der Waals surface area contributed by atoms with E-state index in [4.69, 9.17) is 19.9 Å². The van der Waals surface area contributed by atoms with Crippen molar-refractivity contribution >= 4 is 35.6 Å². The summed E-state index contributed by atoms with van der Waals surface area (Å²) in [5, 5.41) is 3.03. The Labute approximate surface area is 159 Å². The molecule has 0 radical (unpaired) electrons. The molecule has 2 aromatic rings. The van der Waals surface area contributed by atoms with Gasteiger partial charge in [0.25, 0.3) is 0 Å². The Balaban J connectivity index is 0.00000288. The zero-order valence-electron chi connectivity index (χ0n) is 13.9. The number of nitrogens with zero attached hydrogens (tertiary/aromatic N) is 1. The van der Waals surface area contributed by atoms with E-state index in [1.165, 1.54) is 0 Å². The number of rotatable bonds is 6. The number of anilines is 1. The zero-order chi connectivity index (χ0) is 16.7. The number of ether oxygens (including phenoxy) is 3. The zero-order valence-corrected chi connectivity index (χ0v) is 16.2. The number of hydrogen-bond acceptors (Lipinski definition) is 4. The van der Waals surface area contributed by atoms with Crippen LogP contribution in [0.2, 0.25) is 0 Å². The Bertz CT molecular complexity index is 678. The lowest BCUT2D eigenvalue weighted by atomic mass is 10.1. The van der Waals surface area contributed by atoms with E-state index >= 15 is 0 Å². The monoisotopic (exact) mass is 443 g/mol. The molecule has 2 rings (SSSR count). The third-order valence-corrected chi connectivity index (χ3v) is 3.25. The van der Waals surface area contributed by atoms with Crippen LogP contribution in [0.25, 0.3) is 0 Å². The number of guanidine groups is 1. The largest absolute Gasteiger partial charge is 0.493 e. The molecule has 0 spiro atoms. The first kappa shape index (κ1) is 19.9. The molecule has 0 bridgehead atoms. The molecule has 24 heavy (non-hydrogen) atoms. The van der Waals surface area contributed by atoms with Crippen molar-refractivity contribution in [3.05, 3.63) is 48.0 Å². The van der Waals surface area contributed by atoms with Crippen molar-refractivity contribution in [3.63, 3.8) is 0 Å². The molecule has 0 fully saturated rings. The highest BCUT2D eigenvalue weighted by atomic mass is 127. The van der Waals surface area contributed by atoms with Gasteiger partial charge < -0.3 is 25.3 Å². The molecule has 0 unspecified atom stereocenters. The standard InChI is InChI=1S/C17H21N3O3.HI/c1-21-14-10-9-12(15(22-2)16(14)23-3)11-19-17(18)20-13-7-5-4-6-8-13;/h4-10H,11H2,1-3H3,(H3,18,19,20);1H. The normalized spacial score (nSPS) is 10.5. The number of aliphatic imine (C=N–C) groups is 1. The molecule has 0 aliphatic carbocycles. The third kappa shape index (κ3) is 4.92. The van der Waals surface area contributed by atoms with Crippen LogP contribution in [0.3, 0.4) is 0 Å². The van der Waals surface area contributed by atoms with Crippen molar-refractivity contribution in [2.24, 2.45) is 10.7 Å². The first-order valence-electron chi connectivity index (χ1n) is 7.09. The number of methoxy groups -OCH3 is 3. The average Bonchev–Trinajstić information content (AvgIpc) is 2.59. The van der Waals surface area contributed by atoms with Gasteiger partial charge in [0.1, 0.15) is 0 Å². The predicted molar refractivity (Wildman–Crippen MR) is 107 cm³/mol. The lowest BCUT2D eigenvalue weighted by molar-refractivity contribution is 0.322. The second-order valence-corrected chi connectivity index (χ2v) is 4.69. The summed E-state index contributed by atoms with van der Waals surface area (Å²) in [5.74, 6) is 2.06. The maximum Gasteiger partial charge on any atom is 0.203 e.